The zero-order chi connectivity index (χ0) is 13.4. The molecule has 1 fully saturated rings. The lowest BCUT2D eigenvalue weighted by Crippen LogP contribution is -2.46. The second kappa shape index (κ2) is 7.93. The van der Waals surface area contributed by atoms with Crippen LogP contribution in [-0.2, 0) is 4.74 Å². The average Bonchev–Trinajstić information content (AvgIpc) is 2.29. The number of piperazine rings is 1. The standard InChI is InChI=1S/C11H22F3N3O/c1-16-5-7-17(8-6-16)4-2-15-3-9-18-10-11(12,13)14/h15H,2-10H2,1H3. The van der Waals surface area contributed by atoms with Crippen molar-refractivity contribution in [3.05, 3.63) is 0 Å². The van der Waals surface area contributed by atoms with Crippen molar-refractivity contribution >= 4 is 0 Å². The Bertz CT molecular complexity index is 218. The van der Waals surface area contributed by atoms with Crippen LogP contribution in [0.5, 0.6) is 0 Å². The highest BCUT2D eigenvalue weighted by Crippen LogP contribution is 2.13. The van der Waals surface area contributed by atoms with Crippen LogP contribution in [0.2, 0.25) is 0 Å². The molecule has 0 amide bonds. The highest BCUT2D eigenvalue weighted by atomic mass is 19.4. The number of nitrogens with one attached hydrogen (secondary N) is 1. The molecule has 0 atom stereocenters. The monoisotopic (exact) mass is 269 g/mol. The van der Waals surface area contributed by atoms with Crippen LogP contribution in [0.4, 0.5) is 13.2 Å². The quantitative estimate of drug-likeness (QED) is 0.677. The molecule has 108 valence electrons. The van der Waals surface area contributed by atoms with Gasteiger partial charge in [0.1, 0.15) is 6.61 Å². The van der Waals surface area contributed by atoms with Crippen LogP contribution in [0.3, 0.4) is 0 Å². The molecule has 0 aromatic carbocycles. The number of hydrogen-bond donors (Lipinski definition) is 1. The number of hydrogen-bond acceptors (Lipinski definition) is 4. The number of rotatable bonds is 7. The van der Waals surface area contributed by atoms with Gasteiger partial charge in [-0.15, -0.1) is 0 Å². The maximum atomic E-state index is 11.7. The molecular weight excluding hydrogens is 247 g/mol. The Labute approximate surface area is 106 Å². The Morgan fingerprint density at radius 3 is 2.39 bits per heavy atom. The molecule has 4 nitrogen and oxygen atoms in total. The van der Waals surface area contributed by atoms with E-state index in [1.165, 1.54) is 0 Å². The smallest absolute Gasteiger partial charge is 0.371 e. The third-order valence-corrected chi connectivity index (χ3v) is 2.89. The number of halogens is 3. The summed E-state index contributed by atoms with van der Waals surface area (Å²) in [5.41, 5.74) is 0. The second-order valence-corrected chi connectivity index (χ2v) is 4.56. The van der Waals surface area contributed by atoms with Crippen molar-refractivity contribution in [2.45, 2.75) is 6.18 Å². The molecule has 0 unspecified atom stereocenters. The van der Waals surface area contributed by atoms with Crippen LogP contribution in [0.1, 0.15) is 0 Å². The molecule has 18 heavy (non-hydrogen) atoms. The van der Waals surface area contributed by atoms with E-state index >= 15 is 0 Å². The van der Waals surface area contributed by atoms with E-state index in [9.17, 15) is 13.2 Å². The van der Waals surface area contributed by atoms with Crippen LogP contribution in [-0.4, -0.2) is 82.1 Å². The van der Waals surface area contributed by atoms with Crippen molar-refractivity contribution in [2.75, 3.05) is 66.1 Å². The van der Waals surface area contributed by atoms with Crippen molar-refractivity contribution in [3.63, 3.8) is 0 Å². The van der Waals surface area contributed by atoms with E-state index in [-0.39, 0.29) is 6.61 Å². The predicted octanol–water partition coefficient (Wildman–Crippen LogP) is 0.402. The fourth-order valence-corrected chi connectivity index (χ4v) is 1.77. The van der Waals surface area contributed by atoms with Crippen LogP contribution in [0.25, 0.3) is 0 Å². The van der Waals surface area contributed by atoms with Gasteiger partial charge in [0.05, 0.1) is 6.61 Å². The molecule has 1 heterocycles. The summed E-state index contributed by atoms with van der Waals surface area (Å²) in [6, 6.07) is 0. The number of alkyl halides is 3. The average molecular weight is 269 g/mol. The molecule has 0 radical (unpaired) electrons. The van der Waals surface area contributed by atoms with Gasteiger partial charge in [0.2, 0.25) is 0 Å². The van der Waals surface area contributed by atoms with Gasteiger partial charge in [-0.2, -0.15) is 13.2 Å². The minimum absolute atomic E-state index is 0.0995. The van der Waals surface area contributed by atoms with E-state index in [0.717, 1.165) is 39.3 Å². The van der Waals surface area contributed by atoms with Gasteiger partial charge in [-0.1, -0.05) is 0 Å². The molecule has 1 N–H and O–H groups in total. The van der Waals surface area contributed by atoms with Crippen LogP contribution in [0, 0.1) is 0 Å². The fraction of sp³-hybridized carbons (Fsp3) is 1.00. The SMILES string of the molecule is CN1CCN(CCNCCOCC(F)(F)F)CC1. The van der Waals surface area contributed by atoms with Crippen LogP contribution in [0.15, 0.2) is 0 Å². The van der Waals surface area contributed by atoms with Crippen molar-refractivity contribution in [1.29, 1.82) is 0 Å². The summed E-state index contributed by atoms with van der Waals surface area (Å²) in [4.78, 5) is 4.64. The van der Waals surface area contributed by atoms with Gasteiger partial charge in [-0.25, -0.2) is 0 Å². The summed E-state index contributed by atoms with van der Waals surface area (Å²) in [6.07, 6.45) is -4.22. The molecule has 7 heteroatoms. The van der Waals surface area contributed by atoms with E-state index in [1.807, 2.05) is 0 Å². The van der Waals surface area contributed by atoms with Crippen molar-refractivity contribution in [1.82, 2.24) is 15.1 Å². The van der Waals surface area contributed by atoms with E-state index in [1.54, 1.807) is 0 Å². The summed E-state index contributed by atoms with van der Waals surface area (Å²) in [7, 11) is 2.10. The van der Waals surface area contributed by atoms with Gasteiger partial charge in [-0.3, -0.25) is 4.90 Å². The van der Waals surface area contributed by atoms with Gasteiger partial charge >= 0.3 is 6.18 Å². The molecule has 1 aliphatic heterocycles. The summed E-state index contributed by atoms with van der Waals surface area (Å²) in [6.45, 7) is 5.40. The number of likely N-dealkylation sites (N-methyl/N-ethyl adjacent to an activating group) is 1. The first kappa shape index (κ1) is 15.7. The number of nitrogens with zero attached hydrogens (tertiary/aromatic N) is 2. The Morgan fingerprint density at radius 1 is 1.11 bits per heavy atom. The molecule has 0 aliphatic carbocycles. The van der Waals surface area contributed by atoms with Crippen molar-refractivity contribution in [3.8, 4) is 0 Å². The zero-order valence-electron chi connectivity index (χ0n) is 10.8. The van der Waals surface area contributed by atoms with Gasteiger partial charge in [0.15, 0.2) is 0 Å². The lowest BCUT2D eigenvalue weighted by atomic mass is 10.3. The molecule has 1 aliphatic rings. The second-order valence-electron chi connectivity index (χ2n) is 4.56. The van der Waals surface area contributed by atoms with Crippen LogP contribution < -0.4 is 5.32 Å². The summed E-state index contributed by atoms with van der Waals surface area (Å²) in [5, 5.41) is 3.08. The molecule has 0 bridgehead atoms. The molecule has 0 aromatic rings. The minimum atomic E-state index is -4.22. The van der Waals surface area contributed by atoms with Gasteiger partial charge in [0.25, 0.3) is 0 Å². The van der Waals surface area contributed by atoms with Crippen molar-refractivity contribution < 1.29 is 17.9 Å². The van der Waals surface area contributed by atoms with E-state index in [0.29, 0.717) is 6.54 Å². The summed E-state index contributed by atoms with van der Waals surface area (Å²) >= 11 is 0. The maximum absolute atomic E-state index is 11.7. The largest absolute Gasteiger partial charge is 0.411 e. The predicted molar refractivity (Wildman–Crippen MR) is 63.7 cm³/mol. The molecule has 1 rings (SSSR count). The van der Waals surface area contributed by atoms with Gasteiger partial charge in [-0.05, 0) is 7.05 Å². The topological polar surface area (TPSA) is 27.7 Å². The third-order valence-electron chi connectivity index (χ3n) is 2.89. The van der Waals surface area contributed by atoms with E-state index in [4.69, 9.17) is 0 Å². The lowest BCUT2D eigenvalue weighted by Gasteiger charge is -2.32. The zero-order valence-corrected chi connectivity index (χ0v) is 10.8. The number of ether oxygens (including phenoxy) is 1. The Balaban J connectivity index is 1.87. The molecular formula is C11H22F3N3O. The Kier molecular flexibility index (Phi) is 6.91. The first-order chi connectivity index (χ1) is 8.47. The fourth-order valence-electron chi connectivity index (χ4n) is 1.77. The molecule has 1 saturated heterocycles. The van der Waals surface area contributed by atoms with Crippen molar-refractivity contribution in [2.24, 2.45) is 0 Å². The highest BCUT2D eigenvalue weighted by molar-refractivity contribution is 4.69. The van der Waals surface area contributed by atoms with E-state index < -0.39 is 12.8 Å². The molecule has 0 aromatic heterocycles. The van der Waals surface area contributed by atoms with Gasteiger partial charge in [0, 0.05) is 45.8 Å². The Hall–Kier alpha value is -0.370. The lowest BCUT2D eigenvalue weighted by molar-refractivity contribution is -0.173. The summed E-state index contributed by atoms with van der Waals surface area (Å²) < 4.78 is 39.7. The first-order valence-electron chi connectivity index (χ1n) is 6.23. The normalized spacial score (nSPS) is 19.3. The first-order valence-corrected chi connectivity index (χ1v) is 6.23. The molecule has 0 saturated carbocycles. The van der Waals surface area contributed by atoms with E-state index in [2.05, 4.69) is 26.9 Å². The maximum Gasteiger partial charge on any atom is 0.411 e. The highest BCUT2D eigenvalue weighted by Gasteiger charge is 2.27. The minimum Gasteiger partial charge on any atom is -0.371 e. The van der Waals surface area contributed by atoms with Crippen LogP contribution >= 0.6 is 0 Å². The Morgan fingerprint density at radius 2 is 1.78 bits per heavy atom. The molecule has 0 spiro atoms. The van der Waals surface area contributed by atoms with Gasteiger partial charge < -0.3 is 15.0 Å². The third kappa shape index (κ3) is 7.86. The summed E-state index contributed by atoms with van der Waals surface area (Å²) in [5.74, 6) is 0.